The maximum Gasteiger partial charge on any atom is 0.339 e. The van der Waals surface area contributed by atoms with Gasteiger partial charge in [0, 0.05) is 18.0 Å². The number of aromatic nitrogens is 3. The minimum Gasteiger partial charge on any atom is -0.494 e. The first-order valence-electron chi connectivity index (χ1n) is 9.05. The molecule has 0 atom stereocenters. The molecule has 0 radical (unpaired) electrons. The molecule has 0 saturated carbocycles. The summed E-state index contributed by atoms with van der Waals surface area (Å²) < 4.78 is 34.4. The van der Waals surface area contributed by atoms with Crippen molar-refractivity contribution < 1.29 is 22.7 Å². The largest absolute Gasteiger partial charge is 0.494 e. The van der Waals surface area contributed by atoms with Crippen LogP contribution in [0.2, 0.25) is 0 Å². The molecule has 2 aromatic heterocycles. The van der Waals surface area contributed by atoms with Gasteiger partial charge in [-0.25, -0.2) is 22.7 Å². The minimum absolute atomic E-state index is 0.0990. The molecule has 0 amide bonds. The average molecular weight is 417 g/mol. The van der Waals surface area contributed by atoms with Gasteiger partial charge >= 0.3 is 5.97 Å². The van der Waals surface area contributed by atoms with Gasteiger partial charge in [0.05, 0.1) is 25.0 Å². The van der Waals surface area contributed by atoms with Crippen molar-refractivity contribution in [1.82, 2.24) is 14.6 Å². The summed E-state index contributed by atoms with van der Waals surface area (Å²) in [4.78, 5) is 16.3. The third-order valence-electron chi connectivity index (χ3n) is 4.41. The Bertz CT molecular complexity index is 1150. The van der Waals surface area contributed by atoms with Gasteiger partial charge in [-0.15, -0.1) is 5.10 Å². The Morgan fingerprint density at radius 1 is 1.17 bits per heavy atom. The Hall–Kier alpha value is -2.94. The summed E-state index contributed by atoms with van der Waals surface area (Å²) in [5.74, 6) is 0.884. The van der Waals surface area contributed by atoms with Crippen LogP contribution in [0.25, 0.3) is 17.0 Å². The van der Waals surface area contributed by atoms with Gasteiger partial charge in [0.2, 0.25) is 0 Å². The van der Waals surface area contributed by atoms with Crippen LogP contribution in [0.4, 0.5) is 0 Å². The number of esters is 1. The number of aryl methyl sites for hydroxylation is 2. The molecule has 0 aliphatic heterocycles. The van der Waals surface area contributed by atoms with E-state index in [9.17, 15) is 13.2 Å². The molecule has 0 aliphatic carbocycles. The Balaban J connectivity index is 1.84. The minimum atomic E-state index is -2.99. The van der Waals surface area contributed by atoms with Crippen molar-refractivity contribution in [3.05, 3.63) is 47.2 Å². The van der Waals surface area contributed by atoms with Crippen molar-refractivity contribution in [1.29, 1.82) is 0 Å². The molecule has 29 heavy (non-hydrogen) atoms. The van der Waals surface area contributed by atoms with E-state index < -0.39 is 15.8 Å². The molecule has 8 nitrogen and oxygen atoms in total. The maximum absolute atomic E-state index is 11.7. The van der Waals surface area contributed by atoms with Crippen molar-refractivity contribution in [3.8, 4) is 17.1 Å². The van der Waals surface area contributed by atoms with E-state index in [0.29, 0.717) is 35.8 Å². The van der Waals surface area contributed by atoms with Crippen LogP contribution in [0.5, 0.6) is 5.75 Å². The fraction of sp³-hybridized carbons (Fsp3) is 0.350. The van der Waals surface area contributed by atoms with Gasteiger partial charge in [-0.3, -0.25) is 0 Å². The first-order valence-corrected chi connectivity index (χ1v) is 11.1. The van der Waals surface area contributed by atoms with Crippen molar-refractivity contribution in [2.75, 3.05) is 25.7 Å². The molecule has 9 heteroatoms. The summed E-state index contributed by atoms with van der Waals surface area (Å²) in [5, 5.41) is 4.50. The van der Waals surface area contributed by atoms with Crippen LogP contribution in [0.3, 0.4) is 0 Å². The molecule has 3 aromatic rings. The lowest BCUT2D eigenvalue weighted by atomic mass is 10.0. The summed E-state index contributed by atoms with van der Waals surface area (Å²) in [6.07, 6.45) is 3.24. The first-order chi connectivity index (χ1) is 13.7. The number of hydrogen-bond acceptors (Lipinski definition) is 7. The van der Waals surface area contributed by atoms with Crippen LogP contribution >= 0.6 is 0 Å². The highest BCUT2D eigenvalue weighted by molar-refractivity contribution is 7.90. The predicted octanol–water partition coefficient (Wildman–Crippen LogP) is 2.61. The van der Waals surface area contributed by atoms with Gasteiger partial charge in [-0.2, -0.15) is 0 Å². The average Bonchev–Trinajstić information content (AvgIpc) is 3.05. The van der Waals surface area contributed by atoms with Gasteiger partial charge in [0.15, 0.2) is 11.5 Å². The summed E-state index contributed by atoms with van der Waals surface area (Å²) >= 11 is 0. The van der Waals surface area contributed by atoms with E-state index in [-0.39, 0.29) is 5.75 Å². The van der Waals surface area contributed by atoms with Crippen molar-refractivity contribution >= 4 is 21.5 Å². The molecular formula is C20H23N3O5S. The molecule has 0 unspecified atom stereocenters. The Labute approximate surface area is 169 Å². The first kappa shape index (κ1) is 20.8. The lowest BCUT2D eigenvalue weighted by Crippen LogP contribution is -2.08. The van der Waals surface area contributed by atoms with E-state index in [0.717, 1.165) is 16.7 Å². The van der Waals surface area contributed by atoms with E-state index in [1.165, 1.54) is 13.4 Å². The Morgan fingerprint density at radius 2 is 1.86 bits per heavy atom. The van der Waals surface area contributed by atoms with Crippen LogP contribution < -0.4 is 4.74 Å². The number of fused-ring (bicyclic) bond motifs is 1. The number of ether oxygens (including phenoxy) is 2. The van der Waals surface area contributed by atoms with E-state index in [4.69, 9.17) is 9.47 Å². The summed E-state index contributed by atoms with van der Waals surface area (Å²) in [6.45, 7) is 4.21. The third kappa shape index (κ3) is 4.92. The molecule has 0 N–H and O–H groups in total. The topological polar surface area (TPSA) is 99.9 Å². The molecule has 0 saturated heterocycles. The van der Waals surface area contributed by atoms with E-state index in [1.807, 2.05) is 26.0 Å². The zero-order valence-electron chi connectivity index (χ0n) is 16.8. The number of sulfone groups is 1. The molecule has 1 aromatic carbocycles. The molecule has 0 bridgehead atoms. The van der Waals surface area contributed by atoms with Crippen molar-refractivity contribution in [2.24, 2.45) is 0 Å². The summed E-state index contributed by atoms with van der Waals surface area (Å²) in [6, 6.07) is 7.13. The number of pyridine rings is 1. The number of methoxy groups -OCH3 is 1. The highest BCUT2D eigenvalue weighted by Gasteiger charge is 2.15. The monoisotopic (exact) mass is 417 g/mol. The normalized spacial score (nSPS) is 11.6. The highest BCUT2D eigenvalue weighted by Crippen LogP contribution is 2.29. The van der Waals surface area contributed by atoms with Crippen LogP contribution in [0, 0.1) is 13.8 Å². The lowest BCUT2D eigenvalue weighted by molar-refractivity contribution is 0.0600. The number of carbonyl (C=O) groups is 1. The fourth-order valence-electron chi connectivity index (χ4n) is 3.10. The van der Waals surface area contributed by atoms with Crippen LogP contribution in [-0.4, -0.2) is 54.7 Å². The standard InChI is InChI=1S/C20H23N3O5S/c1-13-10-16(28-8-5-9-29(4,25)26)11-14(2)18(13)19-21-17-7-6-15(20(24)27-3)12-23(17)22-19/h6-7,10-12H,5,8-9H2,1-4H3. The zero-order valence-corrected chi connectivity index (χ0v) is 17.6. The van der Waals surface area contributed by atoms with Gasteiger partial charge in [-0.05, 0) is 55.7 Å². The van der Waals surface area contributed by atoms with Gasteiger partial charge in [0.1, 0.15) is 15.6 Å². The van der Waals surface area contributed by atoms with Gasteiger partial charge in [-0.1, -0.05) is 0 Å². The van der Waals surface area contributed by atoms with E-state index in [1.54, 1.807) is 22.8 Å². The summed E-state index contributed by atoms with van der Waals surface area (Å²) in [7, 11) is -1.66. The molecule has 0 spiro atoms. The number of carbonyl (C=O) groups excluding carboxylic acids is 1. The highest BCUT2D eigenvalue weighted by atomic mass is 32.2. The number of benzene rings is 1. The second kappa shape index (κ2) is 8.20. The molecular weight excluding hydrogens is 394 g/mol. The van der Waals surface area contributed by atoms with Gasteiger partial charge in [0.25, 0.3) is 0 Å². The Kier molecular flexibility index (Phi) is 5.88. The number of hydrogen-bond donors (Lipinski definition) is 0. The predicted molar refractivity (Wildman–Crippen MR) is 109 cm³/mol. The van der Waals surface area contributed by atoms with E-state index in [2.05, 4.69) is 10.1 Å². The van der Waals surface area contributed by atoms with Crippen molar-refractivity contribution in [3.63, 3.8) is 0 Å². The molecule has 3 rings (SSSR count). The SMILES string of the molecule is COC(=O)c1ccc2nc(-c3c(C)cc(OCCCS(C)(=O)=O)cc3C)nn2c1. The molecule has 154 valence electrons. The fourth-order valence-corrected chi connectivity index (χ4v) is 3.74. The van der Waals surface area contributed by atoms with Crippen LogP contribution in [-0.2, 0) is 14.6 Å². The summed E-state index contributed by atoms with van der Waals surface area (Å²) in [5.41, 5.74) is 3.77. The quantitative estimate of drug-likeness (QED) is 0.430. The maximum atomic E-state index is 11.7. The molecule has 0 aliphatic rings. The van der Waals surface area contributed by atoms with Crippen LogP contribution in [0.15, 0.2) is 30.5 Å². The smallest absolute Gasteiger partial charge is 0.339 e. The molecule has 2 heterocycles. The zero-order chi connectivity index (χ0) is 21.2. The van der Waals surface area contributed by atoms with Crippen LogP contribution in [0.1, 0.15) is 27.9 Å². The Morgan fingerprint density at radius 3 is 2.48 bits per heavy atom. The number of nitrogens with zero attached hydrogens (tertiary/aromatic N) is 3. The van der Waals surface area contributed by atoms with Crippen molar-refractivity contribution in [2.45, 2.75) is 20.3 Å². The number of rotatable bonds is 7. The second-order valence-electron chi connectivity index (χ2n) is 6.91. The van der Waals surface area contributed by atoms with E-state index >= 15 is 0 Å². The lowest BCUT2D eigenvalue weighted by Gasteiger charge is -2.11. The third-order valence-corrected chi connectivity index (χ3v) is 5.44. The van der Waals surface area contributed by atoms with Gasteiger partial charge < -0.3 is 9.47 Å². The molecule has 0 fully saturated rings. The second-order valence-corrected chi connectivity index (χ2v) is 9.17.